The number of nitrogens with zero attached hydrogens (tertiary/aromatic N) is 1. The van der Waals surface area contributed by atoms with E-state index in [0.717, 1.165) is 0 Å². The van der Waals surface area contributed by atoms with Crippen molar-refractivity contribution in [1.82, 2.24) is 0 Å². The van der Waals surface area contributed by atoms with E-state index in [0.29, 0.717) is 16.7 Å². The molecule has 0 unspecified atom stereocenters. The summed E-state index contributed by atoms with van der Waals surface area (Å²) in [4.78, 5) is 9.95. The Bertz CT molecular complexity index is 337. The van der Waals surface area contributed by atoms with E-state index in [9.17, 15) is 10.1 Å². The van der Waals surface area contributed by atoms with Crippen LogP contribution in [0.15, 0.2) is 12.1 Å². The summed E-state index contributed by atoms with van der Waals surface area (Å²) in [6.45, 7) is 1.18. The minimum Gasteiger partial charge on any atom is -0.392 e. The summed E-state index contributed by atoms with van der Waals surface area (Å²) < 4.78 is 0. The summed E-state index contributed by atoms with van der Waals surface area (Å²) in [6, 6.07) is 2.63. The predicted molar refractivity (Wildman–Crippen MR) is 49.7 cm³/mol. The van der Waals surface area contributed by atoms with Gasteiger partial charge in [0.15, 0.2) is 0 Å². The van der Waals surface area contributed by atoms with Crippen molar-refractivity contribution < 1.29 is 15.1 Å². The van der Waals surface area contributed by atoms with Gasteiger partial charge in [0.1, 0.15) is 0 Å². The molecule has 2 N–H and O–H groups in total. The highest BCUT2D eigenvalue weighted by Crippen LogP contribution is 2.22. The lowest BCUT2D eigenvalue weighted by molar-refractivity contribution is -0.385. The summed E-state index contributed by atoms with van der Waals surface area (Å²) in [5.74, 6) is 0. The number of aliphatic hydroxyl groups excluding tert-OH is 2. The van der Waals surface area contributed by atoms with Crippen LogP contribution in [0.25, 0.3) is 0 Å². The van der Waals surface area contributed by atoms with E-state index < -0.39 is 4.92 Å². The van der Waals surface area contributed by atoms with Crippen LogP contribution < -0.4 is 0 Å². The van der Waals surface area contributed by atoms with Crippen molar-refractivity contribution in [1.29, 1.82) is 0 Å². The molecule has 0 aliphatic carbocycles. The molecule has 1 aromatic carbocycles. The van der Waals surface area contributed by atoms with Gasteiger partial charge in [0.2, 0.25) is 0 Å². The van der Waals surface area contributed by atoms with E-state index in [2.05, 4.69) is 0 Å². The maximum absolute atomic E-state index is 10.5. The Morgan fingerprint density at radius 2 is 1.71 bits per heavy atom. The first kappa shape index (κ1) is 10.6. The van der Waals surface area contributed by atoms with Gasteiger partial charge < -0.3 is 10.2 Å². The monoisotopic (exact) mass is 197 g/mol. The average molecular weight is 197 g/mol. The molecular weight excluding hydrogens is 186 g/mol. The average Bonchev–Trinajstić information content (AvgIpc) is 2.17. The normalized spacial score (nSPS) is 10.2. The zero-order chi connectivity index (χ0) is 10.7. The number of rotatable bonds is 3. The van der Waals surface area contributed by atoms with Crippen LogP contribution in [0.2, 0.25) is 0 Å². The Labute approximate surface area is 80.8 Å². The summed E-state index contributed by atoms with van der Waals surface area (Å²) >= 11 is 0. The van der Waals surface area contributed by atoms with Crippen LogP contribution in [0.1, 0.15) is 16.7 Å². The second-order valence-electron chi connectivity index (χ2n) is 2.96. The zero-order valence-electron chi connectivity index (χ0n) is 7.73. The second kappa shape index (κ2) is 4.17. The quantitative estimate of drug-likeness (QED) is 0.556. The van der Waals surface area contributed by atoms with Crippen molar-refractivity contribution >= 4 is 5.69 Å². The van der Waals surface area contributed by atoms with Crippen molar-refractivity contribution in [2.24, 2.45) is 0 Å². The van der Waals surface area contributed by atoms with Gasteiger partial charge in [0.25, 0.3) is 5.69 Å². The Kier molecular flexibility index (Phi) is 3.16. The number of hydrogen-bond acceptors (Lipinski definition) is 4. The fraction of sp³-hybridized carbons (Fsp3) is 0.333. The SMILES string of the molecule is Cc1c(CO)cc([N+](=O)[O-])cc1CO. The van der Waals surface area contributed by atoms with Crippen molar-refractivity contribution in [2.45, 2.75) is 20.1 Å². The van der Waals surface area contributed by atoms with Crippen LogP contribution in [0.5, 0.6) is 0 Å². The molecule has 0 aromatic heterocycles. The van der Waals surface area contributed by atoms with E-state index >= 15 is 0 Å². The number of aliphatic hydroxyl groups is 2. The van der Waals surface area contributed by atoms with Gasteiger partial charge in [-0.2, -0.15) is 0 Å². The van der Waals surface area contributed by atoms with Gasteiger partial charge >= 0.3 is 0 Å². The van der Waals surface area contributed by atoms with Crippen LogP contribution >= 0.6 is 0 Å². The zero-order valence-corrected chi connectivity index (χ0v) is 7.73. The molecule has 14 heavy (non-hydrogen) atoms. The number of benzene rings is 1. The minimum atomic E-state index is -0.544. The van der Waals surface area contributed by atoms with Crippen LogP contribution in [0.3, 0.4) is 0 Å². The molecule has 76 valence electrons. The molecule has 5 nitrogen and oxygen atoms in total. The molecule has 0 bridgehead atoms. The van der Waals surface area contributed by atoms with E-state index in [1.807, 2.05) is 0 Å². The minimum absolute atomic E-state index is 0.108. The number of non-ortho nitro benzene ring substituents is 1. The summed E-state index contributed by atoms with van der Waals surface area (Å²) in [7, 11) is 0. The fourth-order valence-corrected chi connectivity index (χ4v) is 1.26. The first-order valence-electron chi connectivity index (χ1n) is 4.08. The van der Waals surface area contributed by atoms with Crippen LogP contribution in [0.4, 0.5) is 5.69 Å². The largest absolute Gasteiger partial charge is 0.392 e. The van der Waals surface area contributed by atoms with Gasteiger partial charge in [-0.25, -0.2) is 0 Å². The van der Waals surface area contributed by atoms with E-state index in [4.69, 9.17) is 10.2 Å². The van der Waals surface area contributed by atoms with E-state index in [1.165, 1.54) is 12.1 Å². The van der Waals surface area contributed by atoms with Crippen LogP contribution in [-0.4, -0.2) is 15.1 Å². The first-order valence-corrected chi connectivity index (χ1v) is 4.08. The lowest BCUT2D eigenvalue weighted by Gasteiger charge is -2.07. The Balaban J connectivity index is 3.32. The molecule has 0 spiro atoms. The van der Waals surface area contributed by atoms with Crippen LogP contribution in [-0.2, 0) is 13.2 Å². The third-order valence-corrected chi connectivity index (χ3v) is 2.16. The highest BCUT2D eigenvalue weighted by Gasteiger charge is 2.12. The van der Waals surface area contributed by atoms with Gasteiger partial charge in [-0.05, 0) is 23.6 Å². The summed E-state index contributed by atoms with van der Waals surface area (Å²) in [5, 5.41) is 28.4. The molecule has 0 radical (unpaired) electrons. The summed E-state index contributed by atoms with van der Waals surface area (Å²) in [6.07, 6.45) is 0. The van der Waals surface area contributed by atoms with Gasteiger partial charge in [-0.15, -0.1) is 0 Å². The predicted octanol–water partition coefficient (Wildman–Crippen LogP) is 0.888. The van der Waals surface area contributed by atoms with Gasteiger partial charge in [0.05, 0.1) is 18.1 Å². The topological polar surface area (TPSA) is 83.6 Å². The third kappa shape index (κ3) is 1.89. The van der Waals surface area contributed by atoms with Gasteiger partial charge in [-0.1, -0.05) is 0 Å². The van der Waals surface area contributed by atoms with Crippen molar-refractivity contribution in [3.8, 4) is 0 Å². The van der Waals surface area contributed by atoms with Crippen molar-refractivity contribution in [2.75, 3.05) is 0 Å². The van der Waals surface area contributed by atoms with Crippen LogP contribution in [0, 0.1) is 17.0 Å². The molecule has 0 saturated heterocycles. The molecule has 0 atom stereocenters. The third-order valence-electron chi connectivity index (χ3n) is 2.16. The van der Waals surface area contributed by atoms with Crippen molar-refractivity contribution in [3.05, 3.63) is 38.9 Å². The molecule has 5 heteroatoms. The summed E-state index contributed by atoms with van der Waals surface area (Å²) in [5.41, 5.74) is 1.54. The highest BCUT2D eigenvalue weighted by atomic mass is 16.6. The molecule has 0 heterocycles. The van der Waals surface area contributed by atoms with Crippen molar-refractivity contribution in [3.63, 3.8) is 0 Å². The molecule has 0 saturated carbocycles. The second-order valence-corrected chi connectivity index (χ2v) is 2.96. The molecule has 0 amide bonds. The lowest BCUT2D eigenvalue weighted by atomic mass is 10.0. The Hall–Kier alpha value is -1.46. The maximum Gasteiger partial charge on any atom is 0.270 e. The molecule has 1 rings (SSSR count). The first-order chi connectivity index (χ1) is 6.60. The Morgan fingerprint density at radius 1 is 1.29 bits per heavy atom. The highest BCUT2D eigenvalue weighted by molar-refractivity contribution is 5.44. The van der Waals surface area contributed by atoms with E-state index in [-0.39, 0.29) is 18.9 Å². The fourth-order valence-electron chi connectivity index (χ4n) is 1.26. The number of hydrogen-bond donors (Lipinski definition) is 2. The lowest BCUT2D eigenvalue weighted by Crippen LogP contribution is -1.99. The molecule has 1 aromatic rings. The Morgan fingerprint density at radius 3 is 2.00 bits per heavy atom. The smallest absolute Gasteiger partial charge is 0.270 e. The molecule has 0 aliphatic heterocycles. The molecule has 0 fully saturated rings. The molecular formula is C9H11NO4. The number of nitro benzene ring substituents is 1. The van der Waals surface area contributed by atoms with Gasteiger partial charge in [0, 0.05) is 12.1 Å². The number of nitro groups is 1. The standard InChI is InChI=1S/C9H11NO4/c1-6-7(4-11)2-9(10(13)14)3-8(6)5-12/h2-3,11-12H,4-5H2,1H3. The maximum atomic E-state index is 10.5. The van der Waals surface area contributed by atoms with Gasteiger partial charge in [-0.3, -0.25) is 10.1 Å². The molecule has 0 aliphatic rings. The van der Waals surface area contributed by atoms with E-state index in [1.54, 1.807) is 6.92 Å².